The minimum atomic E-state index is 1.09. The van der Waals surface area contributed by atoms with Crippen LogP contribution in [-0.2, 0) is 7.05 Å². The van der Waals surface area contributed by atoms with Crippen LogP contribution in [0.2, 0.25) is 0 Å². The zero-order valence-electron chi connectivity index (χ0n) is 18.0. The van der Waals surface area contributed by atoms with Crippen molar-refractivity contribution in [1.82, 2.24) is 4.57 Å². The minimum absolute atomic E-state index is 1.09. The highest BCUT2D eigenvalue weighted by Gasteiger charge is 2.21. The molecule has 0 amide bonds. The third kappa shape index (κ3) is 3.77. The summed E-state index contributed by atoms with van der Waals surface area (Å²) in [5, 5.41) is 0. The molecule has 32 heavy (non-hydrogen) atoms. The highest BCUT2D eigenvalue weighted by molar-refractivity contribution is 5.80. The van der Waals surface area contributed by atoms with Crippen molar-refractivity contribution in [3.05, 3.63) is 133 Å². The van der Waals surface area contributed by atoms with E-state index in [1.165, 1.54) is 0 Å². The van der Waals surface area contributed by atoms with Gasteiger partial charge in [-0.3, -0.25) is 9.80 Å². The number of rotatable bonds is 6. The molecule has 5 rings (SSSR count). The molecule has 5 aromatic rings. The predicted molar refractivity (Wildman–Crippen MR) is 135 cm³/mol. The maximum Gasteiger partial charge on any atom is 0.119 e. The Hall–Kier alpha value is -4.24. The van der Waals surface area contributed by atoms with Gasteiger partial charge in [0.2, 0.25) is 0 Å². The molecule has 1 heterocycles. The van der Waals surface area contributed by atoms with E-state index in [1.807, 2.05) is 0 Å². The van der Waals surface area contributed by atoms with Gasteiger partial charge in [-0.25, -0.2) is 0 Å². The van der Waals surface area contributed by atoms with E-state index < -0.39 is 0 Å². The Balaban J connectivity index is 1.66. The van der Waals surface area contributed by atoms with Crippen LogP contribution in [0.15, 0.2) is 133 Å². The Bertz CT molecular complexity index is 1080. The summed E-state index contributed by atoms with van der Waals surface area (Å²) < 4.78 is 2.25. The summed E-state index contributed by atoms with van der Waals surface area (Å²) in [6.07, 6.45) is 0. The molecule has 0 aliphatic heterocycles. The van der Waals surface area contributed by atoms with E-state index in [2.05, 4.69) is 155 Å². The molecule has 0 fully saturated rings. The second kappa shape index (κ2) is 8.86. The van der Waals surface area contributed by atoms with E-state index in [9.17, 15) is 0 Å². The average Bonchev–Trinajstić information content (AvgIpc) is 3.23. The highest BCUT2D eigenvalue weighted by atomic mass is 15.3. The van der Waals surface area contributed by atoms with Crippen molar-refractivity contribution in [2.75, 3.05) is 9.80 Å². The maximum atomic E-state index is 2.29. The number of hydrogen-bond acceptors (Lipinski definition) is 2. The van der Waals surface area contributed by atoms with Crippen molar-refractivity contribution in [1.29, 1.82) is 0 Å². The fourth-order valence-corrected chi connectivity index (χ4v) is 4.07. The van der Waals surface area contributed by atoms with E-state index in [0.717, 1.165) is 34.4 Å². The molecule has 3 nitrogen and oxygen atoms in total. The number of anilines is 6. The number of benzene rings is 4. The van der Waals surface area contributed by atoms with Gasteiger partial charge in [-0.1, -0.05) is 72.8 Å². The van der Waals surface area contributed by atoms with Crippen LogP contribution in [0.4, 0.5) is 34.4 Å². The lowest BCUT2D eigenvalue weighted by atomic mass is 10.2. The van der Waals surface area contributed by atoms with Crippen LogP contribution >= 0.6 is 0 Å². The Morgan fingerprint density at radius 3 is 0.875 bits per heavy atom. The fourth-order valence-electron chi connectivity index (χ4n) is 4.07. The van der Waals surface area contributed by atoms with Crippen molar-refractivity contribution < 1.29 is 0 Å². The third-order valence-electron chi connectivity index (χ3n) is 5.58. The number of hydrogen-bond donors (Lipinski definition) is 0. The van der Waals surface area contributed by atoms with Crippen LogP contribution in [-0.4, -0.2) is 4.57 Å². The van der Waals surface area contributed by atoms with Crippen LogP contribution in [0.5, 0.6) is 0 Å². The lowest BCUT2D eigenvalue weighted by Gasteiger charge is -2.29. The Labute approximate surface area is 189 Å². The molecule has 4 aromatic carbocycles. The fraction of sp³-hybridized carbons (Fsp3) is 0.0345. The molecule has 0 unspecified atom stereocenters. The molecule has 0 saturated heterocycles. The Morgan fingerprint density at radius 2 is 0.625 bits per heavy atom. The van der Waals surface area contributed by atoms with Gasteiger partial charge < -0.3 is 4.57 Å². The SMILES string of the molecule is Cn1c(N(c2ccccc2)c2ccccc2)ccc1N(c1ccccc1)c1ccccc1. The first-order chi connectivity index (χ1) is 15.8. The van der Waals surface area contributed by atoms with E-state index in [4.69, 9.17) is 0 Å². The van der Waals surface area contributed by atoms with Crippen molar-refractivity contribution in [2.24, 2.45) is 7.05 Å². The van der Waals surface area contributed by atoms with Crippen LogP contribution in [0, 0.1) is 0 Å². The van der Waals surface area contributed by atoms with Crippen molar-refractivity contribution in [3.63, 3.8) is 0 Å². The first-order valence-electron chi connectivity index (χ1n) is 10.8. The molecule has 156 valence electrons. The van der Waals surface area contributed by atoms with Crippen molar-refractivity contribution in [3.8, 4) is 0 Å². The monoisotopic (exact) mass is 415 g/mol. The largest absolute Gasteiger partial charge is 0.316 e. The van der Waals surface area contributed by atoms with Crippen LogP contribution in [0.25, 0.3) is 0 Å². The summed E-state index contributed by atoms with van der Waals surface area (Å²) in [5.41, 5.74) is 4.49. The predicted octanol–water partition coefficient (Wildman–Crippen LogP) is 7.96. The summed E-state index contributed by atoms with van der Waals surface area (Å²) in [4.78, 5) is 4.58. The summed E-state index contributed by atoms with van der Waals surface area (Å²) >= 11 is 0. The minimum Gasteiger partial charge on any atom is -0.316 e. The molecule has 1 aromatic heterocycles. The van der Waals surface area contributed by atoms with Gasteiger partial charge in [0.15, 0.2) is 0 Å². The van der Waals surface area contributed by atoms with E-state index in [0.29, 0.717) is 0 Å². The van der Waals surface area contributed by atoms with Gasteiger partial charge in [-0.2, -0.15) is 0 Å². The molecule has 0 aliphatic carbocycles. The van der Waals surface area contributed by atoms with E-state index in [1.54, 1.807) is 0 Å². The second-order valence-electron chi connectivity index (χ2n) is 7.62. The van der Waals surface area contributed by atoms with E-state index >= 15 is 0 Å². The summed E-state index contributed by atoms with van der Waals surface area (Å²) in [6.45, 7) is 0. The molecular weight excluding hydrogens is 390 g/mol. The molecule has 0 saturated carbocycles. The Morgan fingerprint density at radius 1 is 0.375 bits per heavy atom. The number of para-hydroxylation sites is 4. The second-order valence-corrected chi connectivity index (χ2v) is 7.62. The van der Waals surface area contributed by atoms with Gasteiger partial charge in [0.05, 0.1) is 0 Å². The first-order valence-corrected chi connectivity index (χ1v) is 10.8. The van der Waals surface area contributed by atoms with Crippen LogP contribution < -0.4 is 9.80 Å². The standard InChI is InChI=1S/C29H25N3/c1-30-28(31(24-14-6-2-7-15-24)25-16-8-3-9-17-25)22-23-29(30)32(26-18-10-4-11-19-26)27-20-12-5-13-21-27/h2-23H,1H3. The van der Waals surface area contributed by atoms with Gasteiger partial charge in [0.1, 0.15) is 11.6 Å². The summed E-state index contributed by atoms with van der Waals surface area (Å²) in [7, 11) is 2.13. The van der Waals surface area contributed by atoms with Gasteiger partial charge >= 0.3 is 0 Å². The van der Waals surface area contributed by atoms with Gasteiger partial charge in [0.25, 0.3) is 0 Å². The molecular formula is C29H25N3. The maximum absolute atomic E-state index is 2.29. The number of nitrogens with zero attached hydrogens (tertiary/aromatic N) is 3. The molecule has 3 heteroatoms. The lowest BCUT2D eigenvalue weighted by molar-refractivity contribution is 0.900. The first kappa shape index (κ1) is 19.7. The quantitative estimate of drug-likeness (QED) is 0.279. The topological polar surface area (TPSA) is 11.4 Å². The third-order valence-corrected chi connectivity index (χ3v) is 5.58. The summed E-state index contributed by atoms with van der Waals surface area (Å²) in [6, 6.07) is 46.4. The Kier molecular flexibility index (Phi) is 5.46. The van der Waals surface area contributed by atoms with Gasteiger partial charge in [-0.05, 0) is 60.7 Å². The molecule has 0 spiro atoms. The highest BCUT2D eigenvalue weighted by Crippen LogP contribution is 2.40. The summed E-state index contributed by atoms with van der Waals surface area (Å²) in [5.74, 6) is 2.18. The molecule has 0 radical (unpaired) electrons. The van der Waals surface area contributed by atoms with E-state index in [-0.39, 0.29) is 0 Å². The molecule has 0 aliphatic rings. The number of aromatic nitrogens is 1. The van der Waals surface area contributed by atoms with Crippen LogP contribution in [0.3, 0.4) is 0 Å². The molecule has 0 bridgehead atoms. The lowest BCUT2D eigenvalue weighted by Crippen LogP contribution is -2.17. The molecule has 0 atom stereocenters. The zero-order chi connectivity index (χ0) is 21.8. The van der Waals surface area contributed by atoms with Crippen molar-refractivity contribution >= 4 is 34.4 Å². The average molecular weight is 416 g/mol. The van der Waals surface area contributed by atoms with Crippen molar-refractivity contribution in [2.45, 2.75) is 0 Å². The van der Waals surface area contributed by atoms with Gasteiger partial charge in [0, 0.05) is 29.8 Å². The normalized spacial score (nSPS) is 10.7. The smallest absolute Gasteiger partial charge is 0.119 e. The van der Waals surface area contributed by atoms with Gasteiger partial charge in [-0.15, -0.1) is 0 Å². The van der Waals surface area contributed by atoms with Crippen LogP contribution in [0.1, 0.15) is 0 Å². The zero-order valence-corrected chi connectivity index (χ0v) is 18.0. The molecule has 0 N–H and O–H groups in total.